The maximum Gasteiger partial charge on any atom is 0.249 e. The topological polar surface area (TPSA) is 89.8 Å². The van der Waals surface area contributed by atoms with E-state index in [-0.39, 0.29) is 6.61 Å². The molecular formula is C32H59NO4. The summed E-state index contributed by atoms with van der Waals surface area (Å²) in [7, 11) is 0. The summed E-state index contributed by atoms with van der Waals surface area (Å²) in [5, 5.41) is 32.6. The van der Waals surface area contributed by atoms with Crippen LogP contribution in [-0.2, 0) is 4.79 Å². The minimum absolute atomic E-state index is 0.371. The second-order valence-corrected chi connectivity index (χ2v) is 10.3. The van der Waals surface area contributed by atoms with Crippen LogP contribution < -0.4 is 5.32 Å². The van der Waals surface area contributed by atoms with E-state index in [1.165, 1.54) is 64.2 Å². The number of unbranched alkanes of at least 4 members (excludes halogenated alkanes) is 15. The maximum atomic E-state index is 12.3. The van der Waals surface area contributed by atoms with Crippen molar-refractivity contribution in [2.45, 2.75) is 154 Å². The molecule has 0 aliphatic carbocycles. The van der Waals surface area contributed by atoms with E-state index in [9.17, 15) is 20.1 Å². The van der Waals surface area contributed by atoms with E-state index in [0.717, 1.165) is 51.4 Å². The Bertz CT molecular complexity index is 587. The van der Waals surface area contributed by atoms with Crippen molar-refractivity contribution in [1.82, 2.24) is 5.32 Å². The number of hydrogen-bond donors (Lipinski definition) is 4. The smallest absolute Gasteiger partial charge is 0.249 e. The minimum atomic E-state index is -1.11. The Morgan fingerprint density at radius 3 is 1.70 bits per heavy atom. The Labute approximate surface area is 228 Å². The number of amides is 1. The number of allylic oxidation sites excluding steroid dienone is 5. The van der Waals surface area contributed by atoms with Crippen LogP contribution in [-0.4, -0.2) is 46.1 Å². The van der Waals surface area contributed by atoms with Gasteiger partial charge in [-0.15, -0.1) is 0 Å². The fourth-order valence-corrected chi connectivity index (χ4v) is 4.23. The molecular weight excluding hydrogens is 462 g/mol. The van der Waals surface area contributed by atoms with Crippen LogP contribution in [0.5, 0.6) is 0 Å². The van der Waals surface area contributed by atoms with Gasteiger partial charge in [0, 0.05) is 0 Å². The minimum Gasteiger partial charge on any atom is -0.394 e. The Morgan fingerprint density at radius 2 is 1.14 bits per heavy atom. The molecule has 0 fully saturated rings. The standard InChI is InChI=1S/C32H59NO4/c1-3-5-7-9-11-13-14-15-16-17-19-21-23-25-27-31(36)32(37)33-29(28-34)30(35)26-24-22-20-18-12-10-8-6-4-2/h11,13-15,24,26,29-31,34-36H,3-10,12,16-23,25,27-28H2,1-2H3,(H,33,37)/b13-11-,15-14-,26-24+. The Morgan fingerprint density at radius 1 is 0.676 bits per heavy atom. The van der Waals surface area contributed by atoms with Crippen LogP contribution in [0.2, 0.25) is 0 Å². The first kappa shape index (κ1) is 35.6. The number of hydrogen-bond acceptors (Lipinski definition) is 4. The quantitative estimate of drug-likeness (QED) is 0.0546. The lowest BCUT2D eigenvalue weighted by Gasteiger charge is -2.21. The van der Waals surface area contributed by atoms with Gasteiger partial charge < -0.3 is 20.6 Å². The van der Waals surface area contributed by atoms with Crippen molar-refractivity contribution in [1.29, 1.82) is 0 Å². The maximum absolute atomic E-state index is 12.3. The van der Waals surface area contributed by atoms with Gasteiger partial charge in [-0.2, -0.15) is 0 Å². The van der Waals surface area contributed by atoms with Crippen molar-refractivity contribution in [2.24, 2.45) is 0 Å². The van der Waals surface area contributed by atoms with E-state index in [0.29, 0.717) is 6.42 Å². The average Bonchev–Trinajstić information content (AvgIpc) is 2.90. The Kier molecular flexibility index (Phi) is 26.5. The SMILES string of the molecule is CCCCC/C=C\C=C/CCCCCCCC(O)C(=O)NC(CO)C(O)/C=C/CCCCCCCCC. The van der Waals surface area contributed by atoms with Crippen LogP contribution in [0.25, 0.3) is 0 Å². The highest BCUT2D eigenvalue weighted by Crippen LogP contribution is 2.11. The molecule has 5 heteroatoms. The third-order valence-electron chi connectivity index (χ3n) is 6.75. The van der Waals surface area contributed by atoms with Gasteiger partial charge in [0.25, 0.3) is 0 Å². The summed E-state index contributed by atoms with van der Waals surface area (Å²) in [5.74, 6) is -0.522. The summed E-state index contributed by atoms with van der Waals surface area (Å²) in [6.45, 7) is 4.07. The van der Waals surface area contributed by atoms with E-state index in [4.69, 9.17) is 0 Å². The Balaban J connectivity index is 3.87. The van der Waals surface area contributed by atoms with Crippen LogP contribution in [0.1, 0.15) is 136 Å². The van der Waals surface area contributed by atoms with Crippen molar-refractivity contribution in [3.63, 3.8) is 0 Å². The second kappa shape index (κ2) is 27.6. The third kappa shape index (κ3) is 23.4. The summed E-state index contributed by atoms with van der Waals surface area (Å²) >= 11 is 0. The first-order valence-corrected chi connectivity index (χ1v) is 15.3. The van der Waals surface area contributed by atoms with Gasteiger partial charge in [0.1, 0.15) is 6.10 Å². The molecule has 0 rings (SSSR count). The zero-order valence-corrected chi connectivity index (χ0v) is 24.1. The number of aliphatic hydroxyl groups excluding tert-OH is 3. The molecule has 216 valence electrons. The van der Waals surface area contributed by atoms with Crippen LogP contribution in [0.15, 0.2) is 36.5 Å². The summed E-state index contributed by atoms with van der Waals surface area (Å²) in [6.07, 6.45) is 31.5. The highest BCUT2D eigenvalue weighted by atomic mass is 16.3. The van der Waals surface area contributed by atoms with Crippen molar-refractivity contribution in [3.8, 4) is 0 Å². The average molecular weight is 522 g/mol. The van der Waals surface area contributed by atoms with Crippen LogP contribution in [0, 0.1) is 0 Å². The lowest BCUT2D eigenvalue weighted by Crippen LogP contribution is -2.48. The van der Waals surface area contributed by atoms with E-state index in [2.05, 4.69) is 43.5 Å². The molecule has 0 aromatic heterocycles. The lowest BCUT2D eigenvalue weighted by molar-refractivity contribution is -0.131. The number of carbonyl (C=O) groups is 1. The van der Waals surface area contributed by atoms with Gasteiger partial charge in [0.05, 0.1) is 18.8 Å². The van der Waals surface area contributed by atoms with E-state index in [1.807, 2.05) is 6.08 Å². The molecule has 0 radical (unpaired) electrons. The third-order valence-corrected chi connectivity index (χ3v) is 6.75. The van der Waals surface area contributed by atoms with Gasteiger partial charge in [-0.1, -0.05) is 127 Å². The van der Waals surface area contributed by atoms with Crippen LogP contribution >= 0.6 is 0 Å². The number of nitrogens with one attached hydrogen (secondary N) is 1. The van der Waals surface area contributed by atoms with Gasteiger partial charge in [0.15, 0.2) is 0 Å². The molecule has 4 N–H and O–H groups in total. The molecule has 0 saturated carbocycles. The molecule has 0 aromatic rings. The largest absolute Gasteiger partial charge is 0.394 e. The molecule has 3 unspecified atom stereocenters. The van der Waals surface area contributed by atoms with E-state index >= 15 is 0 Å². The Hall–Kier alpha value is -1.43. The van der Waals surface area contributed by atoms with Crippen molar-refractivity contribution < 1.29 is 20.1 Å². The fraction of sp³-hybridized carbons (Fsp3) is 0.781. The van der Waals surface area contributed by atoms with Crippen molar-refractivity contribution in [3.05, 3.63) is 36.5 Å². The first-order chi connectivity index (χ1) is 18.1. The van der Waals surface area contributed by atoms with Gasteiger partial charge in [-0.3, -0.25) is 4.79 Å². The molecule has 3 atom stereocenters. The monoisotopic (exact) mass is 521 g/mol. The van der Waals surface area contributed by atoms with Crippen molar-refractivity contribution in [2.75, 3.05) is 6.61 Å². The summed E-state index contributed by atoms with van der Waals surface area (Å²) in [6, 6.07) is -0.799. The van der Waals surface area contributed by atoms with Gasteiger partial charge in [-0.05, 0) is 44.9 Å². The molecule has 37 heavy (non-hydrogen) atoms. The molecule has 0 aliphatic heterocycles. The summed E-state index contributed by atoms with van der Waals surface area (Å²) in [5.41, 5.74) is 0. The predicted molar refractivity (Wildman–Crippen MR) is 158 cm³/mol. The number of rotatable bonds is 26. The molecule has 0 spiro atoms. The summed E-state index contributed by atoms with van der Waals surface area (Å²) in [4.78, 5) is 12.3. The second-order valence-electron chi connectivity index (χ2n) is 10.3. The first-order valence-electron chi connectivity index (χ1n) is 15.3. The van der Waals surface area contributed by atoms with Crippen LogP contribution in [0.4, 0.5) is 0 Å². The molecule has 0 saturated heterocycles. The molecule has 5 nitrogen and oxygen atoms in total. The molecule has 0 aliphatic rings. The van der Waals surface area contributed by atoms with E-state index < -0.39 is 24.2 Å². The zero-order chi connectivity index (χ0) is 27.4. The van der Waals surface area contributed by atoms with Crippen LogP contribution in [0.3, 0.4) is 0 Å². The highest BCUT2D eigenvalue weighted by molar-refractivity contribution is 5.80. The lowest BCUT2D eigenvalue weighted by atomic mass is 10.1. The van der Waals surface area contributed by atoms with Gasteiger partial charge in [0.2, 0.25) is 5.91 Å². The number of aliphatic hydroxyl groups is 3. The number of carbonyl (C=O) groups excluding carboxylic acids is 1. The molecule has 0 bridgehead atoms. The van der Waals surface area contributed by atoms with Crippen molar-refractivity contribution >= 4 is 5.91 Å². The van der Waals surface area contributed by atoms with Gasteiger partial charge >= 0.3 is 0 Å². The normalized spacial score (nSPS) is 14.6. The highest BCUT2D eigenvalue weighted by Gasteiger charge is 2.22. The molecule has 0 heterocycles. The predicted octanol–water partition coefficient (Wildman–Crippen LogP) is 7.31. The fourth-order valence-electron chi connectivity index (χ4n) is 4.23. The molecule has 0 aromatic carbocycles. The van der Waals surface area contributed by atoms with Gasteiger partial charge in [-0.25, -0.2) is 0 Å². The zero-order valence-electron chi connectivity index (χ0n) is 24.1. The molecule has 1 amide bonds. The summed E-state index contributed by atoms with van der Waals surface area (Å²) < 4.78 is 0. The van der Waals surface area contributed by atoms with E-state index in [1.54, 1.807) is 6.08 Å².